The molecule has 0 aromatic heterocycles. The molecule has 0 unspecified atom stereocenters. The molecule has 0 radical (unpaired) electrons. The second kappa shape index (κ2) is 6.94. The third kappa shape index (κ3) is 4.98. The molecule has 0 spiro atoms. The molecule has 2 atom stereocenters. The average Bonchev–Trinajstić information content (AvgIpc) is 2.10. The molecule has 0 fully saturated rings. The zero-order valence-electron chi connectivity index (χ0n) is 8.17. The lowest BCUT2D eigenvalue weighted by atomic mass is 10.0. The van der Waals surface area contributed by atoms with Crippen LogP contribution in [0.2, 0.25) is 0 Å². The van der Waals surface area contributed by atoms with Crippen LogP contribution >= 0.6 is 0 Å². The van der Waals surface area contributed by atoms with Gasteiger partial charge in [0.1, 0.15) is 0 Å². The Morgan fingerprint density at radius 3 is 2.67 bits per heavy atom. The number of allylic oxidation sites excluding steroid dienone is 1. The fraction of sp³-hybridized carbons (Fsp3) is 0.636. The van der Waals surface area contributed by atoms with Crippen LogP contribution in [-0.2, 0) is 0 Å². The van der Waals surface area contributed by atoms with E-state index in [4.69, 9.17) is 0 Å². The molecule has 0 amide bonds. The van der Waals surface area contributed by atoms with Gasteiger partial charge >= 0.3 is 0 Å². The van der Waals surface area contributed by atoms with E-state index < -0.39 is 0 Å². The van der Waals surface area contributed by atoms with Crippen LogP contribution in [0.15, 0.2) is 12.2 Å². The van der Waals surface area contributed by atoms with Crippen molar-refractivity contribution in [2.45, 2.75) is 39.7 Å². The van der Waals surface area contributed by atoms with Gasteiger partial charge in [-0.1, -0.05) is 26.0 Å². The van der Waals surface area contributed by atoms with Crippen molar-refractivity contribution in [2.75, 3.05) is 0 Å². The van der Waals surface area contributed by atoms with Gasteiger partial charge in [-0.15, -0.1) is 11.8 Å². The van der Waals surface area contributed by atoms with E-state index in [1.807, 2.05) is 26.0 Å². The van der Waals surface area contributed by atoms with Gasteiger partial charge in [-0.25, -0.2) is 0 Å². The van der Waals surface area contributed by atoms with E-state index in [0.717, 1.165) is 12.8 Å². The summed E-state index contributed by atoms with van der Waals surface area (Å²) in [5, 5.41) is 9.52. The number of aliphatic hydroxyl groups is 1. The Labute approximate surface area is 75.5 Å². The minimum absolute atomic E-state index is 0.236. The van der Waals surface area contributed by atoms with Gasteiger partial charge in [0.2, 0.25) is 0 Å². The van der Waals surface area contributed by atoms with Gasteiger partial charge in [0.25, 0.3) is 0 Å². The molecule has 0 aromatic rings. The highest BCUT2D eigenvalue weighted by Crippen LogP contribution is 2.08. The molecule has 68 valence electrons. The van der Waals surface area contributed by atoms with Crippen molar-refractivity contribution >= 4 is 0 Å². The monoisotopic (exact) mass is 166 g/mol. The number of hydrogen-bond acceptors (Lipinski definition) is 1. The Bertz CT molecular complexity index is 183. The van der Waals surface area contributed by atoms with Crippen molar-refractivity contribution in [3.8, 4) is 11.8 Å². The lowest BCUT2D eigenvalue weighted by Gasteiger charge is -2.11. The molecule has 12 heavy (non-hydrogen) atoms. The number of hydrogen-bond donors (Lipinski definition) is 1. The first-order valence-electron chi connectivity index (χ1n) is 4.46. The standard InChI is InChI=1S/C11H18O/c1-4-6-8-10(3)11(12)9-7-5-2/h7,9-12H,5,8H2,1-3H3/b9-7+/t10-,11+/m0/s1. The summed E-state index contributed by atoms with van der Waals surface area (Å²) in [4.78, 5) is 0. The van der Waals surface area contributed by atoms with Crippen molar-refractivity contribution < 1.29 is 5.11 Å². The highest BCUT2D eigenvalue weighted by Gasteiger charge is 2.08. The SMILES string of the molecule is CC#CC[C@H](C)[C@H](O)/C=C/CC. The van der Waals surface area contributed by atoms with Crippen LogP contribution in [0.3, 0.4) is 0 Å². The normalized spacial score (nSPS) is 15.3. The van der Waals surface area contributed by atoms with Crippen molar-refractivity contribution in [1.29, 1.82) is 0 Å². The molecule has 1 heteroatoms. The summed E-state index contributed by atoms with van der Waals surface area (Å²) in [7, 11) is 0. The van der Waals surface area contributed by atoms with Gasteiger partial charge in [0, 0.05) is 6.42 Å². The first-order valence-corrected chi connectivity index (χ1v) is 4.46. The Morgan fingerprint density at radius 2 is 2.17 bits per heavy atom. The topological polar surface area (TPSA) is 20.2 Å². The molecule has 0 saturated carbocycles. The first-order chi connectivity index (χ1) is 5.72. The first kappa shape index (κ1) is 11.3. The average molecular weight is 166 g/mol. The largest absolute Gasteiger partial charge is 0.389 e. The van der Waals surface area contributed by atoms with E-state index in [1.165, 1.54) is 0 Å². The van der Waals surface area contributed by atoms with E-state index >= 15 is 0 Å². The number of rotatable bonds is 4. The second-order valence-electron chi connectivity index (χ2n) is 2.94. The molecule has 0 saturated heterocycles. The van der Waals surface area contributed by atoms with Gasteiger partial charge in [-0.05, 0) is 19.3 Å². The molecule has 1 nitrogen and oxygen atoms in total. The highest BCUT2D eigenvalue weighted by molar-refractivity contribution is 4.99. The van der Waals surface area contributed by atoms with Gasteiger partial charge in [-0.3, -0.25) is 0 Å². The minimum Gasteiger partial charge on any atom is -0.389 e. The zero-order chi connectivity index (χ0) is 9.40. The predicted octanol–water partition coefficient (Wildman–Crippen LogP) is 2.36. The third-order valence-electron chi connectivity index (χ3n) is 1.75. The summed E-state index contributed by atoms with van der Waals surface area (Å²) in [6.45, 7) is 5.88. The second-order valence-corrected chi connectivity index (χ2v) is 2.94. The molecule has 1 N–H and O–H groups in total. The van der Waals surface area contributed by atoms with Crippen LogP contribution < -0.4 is 0 Å². The molecule has 0 aliphatic rings. The fourth-order valence-electron chi connectivity index (χ4n) is 0.849. The maximum absolute atomic E-state index is 9.52. The minimum atomic E-state index is -0.342. The Kier molecular flexibility index (Phi) is 6.51. The Balaban J connectivity index is 3.80. The fourth-order valence-corrected chi connectivity index (χ4v) is 0.849. The Hall–Kier alpha value is -0.740. The van der Waals surface area contributed by atoms with E-state index in [2.05, 4.69) is 18.8 Å². The molecule has 0 aliphatic heterocycles. The lowest BCUT2D eigenvalue weighted by molar-refractivity contribution is 0.164. The summed E-state index contributed by atoms with van der Waals surface area (Å²) < 4.78 is 0. The predicted molar refractivity (Wildman–Crippen MR) is 52.7 cm³/mol. The van der Waals surface area contributed by atoms with Crippen LogP contribution in [0, 0.1) is 17.8 Å². The van der Waals surface area contributed by atoms with Crippen LogP contribution in [0.5, 0.6) is 0 Å². The van der Waals surface area contributed by atoms with Crippen LogP contribution in [0.25, 0.3) is 0 Å². The summed E-state index contributed by atoms with van der Waals surface area (Å²) in [5.41, 5.74) is 0. The molecule has 0 aromatic carbocycles. The maximum atomic E-state index is 9.52. The number of aliphatic hydroxyl groups excluding tert-OH is 1. The van der Waals surface area contributed by atoms with Gasteiger partial charge in [0.05, 0.1) is 6.10 Å². The van der Waals surface area contributed by atoms with E-state index in [9.17, 15) is 5.11 Å². The Morgan fingerprint density at radius 1 is 1.50 bits per heavy atom. The van der Waals surface area contributed by atoms with E-state index in [-0.39, 0.29) is 12.0 Å². The summed E-state index contributed by atoms with van der Waals surface area (Å²) in [5.74, 6) is 6.02. The van der Waals surface area contributed by atoms with Crippen LogP contribution in [0.1, 0.15) is 33.6 Å². The smallest absolute Gasteiger partial charge is 0.0755 e. The molecule has 0 heterocycles. The highest BCUT2D eigenvalue weighted by atomic mass is 16.3. The molecule has 0 aliphatic carbocycles. The van der Waals surface area contributed by atoms with Crippen molar-refractivity contribution in [3.63, 3.8) is 0 Å². The van der Waals surface area contributed by atoms with Crippen molar-refractivity contribution in [1.82, 2.24) is 0 Å². The van der Waals surface area contributed by atoms with Gasteiger partial charge in [0.15, 0.2) is 0 Å². The van der Waals surface area contributed by atoms with E-state index in [0.29, 0.717) is 0 Å². The van der Waals surface area contributed by atoms with Crippen LogP contribution in [0.4, 0.5) is 0 Å². The van der Waals surface area contributed by atoms with Crippen molar-refractivity contribution in [2.24, 2.45) is 5.92 Å². The molecule has 0 rings (SSSR count). The lowest BCUT2D eigenvalue weighted by Crippen LogP contribution is -2.13. The molecule has 0 bridgehead atoms. The maximum Gasteiger partial charge on any atom is 0.0755 e. The molecular formula is C11H18O. The quantitative estimate of drug-likeness (QED) is 0.502. The summed E-state index contributed by atoms with van der Waals surface area (Å²) in [6, 6.07) is 0. The summed E-state index contributed by atoms with van der Waals surface area (Å²) in [6.07, 6.45) is 5.24. The van der Waals surface area contributed by atoms with Gasteiger partial charge in [-0.2, -0.15) is 0 Å². The van der Waals surface area contributed by atoms with Gasteiger partial charge < -0.3 is 5.11 Å². The third-order valence-corrected chi connectivity index (χ3v) is 1.75. The van der Waals surface area contributed by atoms with Crippen molar-refractivity contribution in [3.05, 3.63) is 12.2 Å². The zero-order valence-corrected chi connectivity index (χ0v) is 8.17. The summed E-state index contributed by atoms with van der Waals surface area (Å²) >= 11 is 0. The van der Waals surface area contributed by atoms with Crippen LogP contribution in [-0.4, -0.2) is 11.2 Å². The van der Waals surface area contributed by atoms with E-state index in [1.54, 1.807) is 0 Å². The molecular weight excluding hydrogens is 148 g/mol.